The van der Waals surface area contributed by atoms with Crippen LogP contribution in [0.5, 0.6) is 0 Å². The van der Waals surface area contributed by atoms with E-state index in [-0.39, 0.29) is 12.4 Å². The zero-order chi connectivity index (χ0) is 17.0. The molecule has 23 heavy (non-hydrogen) atoms. The summed E-state index contributed by atoms with van der Waals surface area (Å²) in [4.78, 5) is 17.4. The lowest BCUT2D eigenvalue weighted by atomic mass is 10.0. The highest BCUT2D eigenvalue weighted by Crippen LogP contribution is 2.22. The van der Waals surface area contributed by atoms with E-state index in [4.69, 9.17) is 4.74 Å². The van der Waals surface area contributed by atoms with Crippen molar-refractivity contribution in [2.45, 2.75) is 41.0 Å². The summed E-state index contributed by atoms with van der Waals surface area (Å²) in [5.41, 5.74) is 5.65. The molecule has 2 aromatic rings. The molecule has 5 heteroatoms. The zero-order valence-corrected chi connectivity index (χ0v) is 15.3. The number of ether oxygens (including phenoxy) is 1. The minimum absolute atomic E-state index is 0.204. The number of carbonyl (C=O) groups excluding carboxylic acids is 1. The van der Waals surface area contributed by atoms with E-state index in [0.29, 0.717) is 13.2 Å². The largest absolute Gasteiger partial charge is 0.466 e. The quantitative estimate of drug-likeness (QED) is 0.787. The minimum atomic E-state index is -0.204. The summed E-state index contributed by atoms with van der Waals surface area (Å²) in [6.07, 6.45) is 0.260. The molecular weight excluding hydrogens is 308 g/mol. The summed E-state index contributed by atoms with van der Waals surface area (Å²) in [6.45, 7) is 11.3. The highest BCUT2D eigenvalue weighted by Gasteiger charge is 2.16. The van der Waals surface area contributed by atoms with Crippen molar-refractivity contribution in [2.24, 2.45) is 4.99 Å². The summed E-state index contributed by atoms with van der Waals surface area (Å²) < 4.78 is 7.21. The molecule has 0 bridgehead atoms. The van der Waals surface area contributed by atoms with Crippen LogP contribution in [0, 0.1) is 20.8 Å². The lowest BCUT2D eigenvalue weighted by Crippen LogP contribution is -2.20. The Labute approximate surface area is 141 Å². The van der Waals surface area contributed by atoms with Crippen molar-refractivity contribution in [2.75, 3.05) is 13.2 Å². The molecule has 4 nitrogen and oxygen atoms in total. The predicted octanol–water partition coefficient (Wildman–Crippen LogP) is 3.49. The van der Waals surface area contributed by atoms with Gasteiger partial charge in [-0.2, -0.15) is 0 Å². The third-order valence-electron chi connectivity index (χ3n) is 3.56. The van der Waals surface area contributed by atoms with Gasteiger partial charge in [0.2, 0.25) is 0 Å². The van der Waals surface area contributed by atoms with Crippen molar-refractivity contribution < 1.29 is 9.53 Å². The smallest absolute Gasteiger partial charge is 0.311 e. The Kier molecular flexibility index (Phi) is 5.77. The normalized spacial score (nSPS) is 11.8. The van der Waals surface area contributed by atoms with E-state index in [1.165, 1.54) is 16.7 Å². The van der Waals surface area contributed by atoms with Crippen LogP contribution in [0.15, 0.2) is 22.5 Å². The van der Waals surface area contributed by atoms with Gasteiger partial charge in [-0.1, -0.05) is 17.7 Å². The van der Waals surface area contributed by atoms with Crippen molar-refractivity contribution >= 4 is 17.3 Å². The van der Waals surface area contributed by atoms with Crippen LogP contribution in [0.1, 0.15) is 36.2 Å². The van der Waals surface area contributed by atoms with Crippen LogP contribution < -0.4 is 4.80 Å². The monoisotopic (exact) mass is 332 g/mol. The van der Waals surface area contributed by atoms with E-state index in [1.807, 2.05) is 19.2 Å². The predicted molar refractivity (Wildman–Crippen MR) is 94.3 cm³/mol. The standard InChI is InChI=1S/C18H24N2O2S/c1-6-19-18-20(15(11-23-18)10-16(21)22-7-2)17-13(4)8-12(3)9-14(17)5/h8-9,11H,6-7,10H2,1-5H3. The second-order valence-corrected chi connectivity index (χ2v) is 6.39. The van der Waals surface area contributed by atoms with E-state index < -0.39 is 0 Å². The number of hydrogen-bond acceptors (Lipinski definition) is 4. The highest BCUT2D eigenvalue weighted by atomic mass is 32.1. The van der Waals surface area contributed by atoms with Crippen LogP contribution in [-0.4, -0.2) is 23.7 Å². The molecule has 0 amide bonds. The van der Waals surface area contributed by atoms with Gasteiger partial charge in [-0.3, -0.25) is 14.4 Å². The van der Waals surface area contributed by atoms with E-state index in [0.717, 1.165) is 16.2 Å². The second kappa shape index (κ2) is 7.59. The first kappa shape index (κ1) is 17.5. The van der Waals surface area contributed by atoms with E-state index in [9.17, 15) is 4.79 Å². The summed E-state index contributed by atoms with van der Waals surface area (Å²) in [6, 6.07) is 4.33. The lowest BCUT2D eigenvalue weighted by Gasteiger charge is -2.15. The van der Waals surface area contributed by atoms with Crippen LogP contribution in [0.3, 0.4) is 0 Å². The Hall–Kier alpha value is -1.88. The number of thiazole rings is 1. The number of rotatable bonds is 5. The van der Waals surface area contributed by atoms with Gasteiger partial charge in [-0.15, -0.1) is 11.3 Å². The molecule has 1 aromatic heterocycles. The minimum Gasteiger partial charge on any atom is -0.466 e. The van der Waals surface area contributed by atoms with Gasteiger partial charge in [0.05, 0.1) is 18.7 Å². The number of nitrogens with zero attached hydrogens (tertiary/aromatic N) is 2. The fourth-order valence-corrected chi connectivity index (χ4v) is 3.78. The van der Waals surface area contributed by atoms with Gasteiger partial charge in [0.1, 0.15) is 0 Å². The van der Waals surface area contributed by atoms with Crippen molar-refractivity contribution in [3.05, 3.63) is 44.7 Å². The molecule has 0 saturated carbocycles. The SMILES string of the molecule is CCN=c1scc(CC(=O)OCC)n1-c1c(C)cc(C)cc1C. The van der Waals surface area contributed by atoms with Crippen LogP contribution in [-0.2, 0) is 16.0 Å². The van der Waals surface area contributed by atoms with Crippen molar-refractivity contribution in [1.29, 1.82) is 0 Å². The molecule has 0 aliphatic carbocycles. The molecule has 0 unspecified atom stereocenters. The average Bonchev–Trinajstić information content (AvgIpc) is 2.82. The fraction of sp³-hybridized carbons (Fsp3) is 0.444. The summed E-state index contributed by atoms with van der Waals surface area (Å²) in [5, 5.41) is 2.00. The molecule has 0 aliphatic rings. The first-order valence-corrected chi connectivity index (χ1v) is 8.79. The topological polar surface area (TPSA) is 43.6 Å². The number of hydrogen-bond donors (Lipinski definition) is 0. The Bertz CT molecular complexity index is 749. The summed E-state index contributed by atoms with van der Waals surface area (Å²) in [5.74, 6) is -0.204. The molecule has 0 N–H and O–H groups in total. The molecular formula is C18H24N2O2S. The number of aryl methyl sites for hydroxylation is 3. The van der Waals surface area contributed by atoms with Crippen LogP contribution in [0.25, 0.3) is 5.69 Å². The Balaban J connectivity index is 2.62. The third kappa shape index (κ3) is 3.91. The zero-order valence-electron chi connectivity index (χ0n) is 14.5. The Morgan fingerprint density at radius 1 is 1.22 bits per heavy atom. The van der Waals surface area contributed by atoms with Crippen molar-refractivity contribution in [3.8, 4) is 5.69 Å². The Morgan fingerprint density at radius 3 is 2.43 bits per heavy atom. The molecule has 0 fully saturated rings. The van der Waals surface area contributed by atoms with Gasteiger partial charge in [0.15, 0.2) is 4.80 Å². The maximum atomic E-state index is 11.9. The van der Waals surface area contributed by atoms with Gasteiger partial charge in [0, 0.05) is 17.6 Å². The molecule has 124 valence electrons. The lowest BCUT2D eigenvalue weighted by molar-refractivity contribution is -0.142. The van der Waals surface area contributed by atoms with Crippen LogP contribution in [0.2, 0.25) is 0 Å². The maximum Gasteiger partial charge on any atom is 0.311 e. The van der Waals surface area contributed by atoms with E-state index in [1.54, 1.807) is 11.3 Å². The summed E-state index contributed by atoms with van der Waals surface area (Å²) in [7, 11) is 0. The fourth-order valence-electron chi connectivity index (χ4n) is 2.84. The van der Waals surface area contributed by atoms with E-state index >= 15 is 0 Å². The Morgan fingerprint density at radius 2 is 1.87 bits per heavy atom. The molecule has 0 saturated heterocycles. The van der Waals surface area contributed by atoms with Crippen LogP contribution >= 0.6 is 11.3 Å². The number of esters is 1. The van der Waals surface area contributed by atoms with Crippen molar-refractivity contribution in [1.82, 2.24) is 4.57 Å². The molecule has 1 heterocycles. The first-order chi connectivity index (χ1) is 11.0. The van der Waals surface area contributed by atoms with Gasteiger partial charge >= 0.3 is 5.97 Å². The highest BCUT2D eigenvalue weighted by molar-refractivity contribution is 7.07. The maximum absolute atomic E-state index is 11.9. The van der Waals surface area contributed by atoms with Gasteiger partial charge in [-0.05, 0) is 45.7 Å². The first-order valence-electron chi connectivity index (χ1n) is 7.91. The van der Waals surface area contributed by atoms with Crippen LogP contribution in [0.4, 0.5) is 0 Å². The number of benzene rings is 1. The molecule has 0 radical (unpaired) electrons. The number of carbonyl (C=O) groups is 1. The molecule has 2 rings (SSSR count). The number of aromatic nitrogens is 1. The molecule has 1 aromatic carbocycles. The second-order valence-electron chi connectivity index (χ2n) is 5.55. The van der Waals surface area contributed by atoms with Crippen molar-refractivity contribution in [3.63, 3.8) is 0 Å². The third-order valence-corrected chi connectivity index (χ3v) is 4.47. The van der Waals surface area contributed by atoms with Gasteiger partial charge in [0.25, 0.3) is 0 Å². The molecule has 0 spiro atoms. The average molecular weight is 332 g/mol. The van der Waals surface area contributed by atoms with Gasteiger partial charge in [-0.25, -0.2) is 0 Å². The molecule has 0 aliphatic heterocycles. The van der Waals surface area contributed by atoms with E-state index in [2.05, 4.69) is 42.5 Å². The molecule has 0 atom stereocenters. The van der Waals surface area contributed by atoms with Gasteiger partial charge < -0.3 is 4.74 Å². The summed E-state index contributed by atoms with van der Waals surface area (Å²) >= 11 is 1.57.